The summed E-state index contributed by atoms with van der Waals surface area (Å²) in [6.07, 6.45) is 0. The van der Waals surface area contributed by atoms with Crippen LogP contribution in [0.15, 0.2) is 340 Å². The molecule has 22 rings (SSSR count). The predicted octanol–water partition coefficient (Wildman–Crippen LogP) is 29.6. The van der Waals surface area contributed by atoms with Crippen LogP contribution in [0.2, 0.25) is 0 Å². The van der Waals surface area contributed by atoms with E-state index in [9.17, 15) is 8.22 Å². The molecule has 123 heavy (non-hydrogen) atoms. The van der Waals surface area contributed by atoms with Crippen molar-refractivity contribution in [3.63, 3.8) is 0 Å². The van der Waals surface area contributed by atoms with E-state index >= 15 is 0 Å². The van der Waals surface area contributed by atoms with Gasteiger partial charge in [-0.15, -0.1) is 0 Å². The summed E-state index contributed by atoms with van der Waals surface area (Å²) >= 11 is 0. The average molecular weight is 1600 g/mol. The Labute approximate surface area is 733 Å². The fraction of sp³-hybridized carbons (Fsp3) is 0.172. The maximum Gasteiger partial charge on any atom is 0.252 e. The molecule has 0 N–H and O–H groups in total. The lowest BCUT2D eigenvalue weighted by Crippen LogP contribution is -2.61. The smallest absolute Gasteiger partial charge is 0.252 e. The molecule has 2 aliphatic rings. The molecule has 0 bridgehead atoms. The second-order valence-corrected chi connectivity index (χ2v) is 39.2. The summed E-state index contributed by atoms with van der Waals surface area (Å²) in [4.78, 5) is 5.15. The minimum Gasteiger partial charge on any atom is -0.311 e. The quantitative estimate of drug-likeness (QED) is 0.135. The van der Waals surface area contributed by atoms with Crippen molar-refractivity contribution in [2.75, 3.05) is 9.80 Å². The van der Waals surface area contributed by atoms with Crippen LogP contribution in [0, 0.1) is 0 Å². The van der Waals surface area contributed by atoms with E-state index in [4.69, 9.17) is 2.74 Å². The van der Waals surface area contributed by atoms with Crippen molar-refractivity contribution < 1.29 is 11.0 Å². The zero-order valence-electron chi connectivity index (χ0n) is 80.5. The van der Waals surface area contributed by atoms with Gasteiger partial charge in [-0.25, -0.2) is 0 Å². The van der Waals surface area contributed by atoms with Gasteiger partial charge >= 0.3 is 0 Å². The average Bonchev–Trinajstić information content (AvgIpc) is 1.68. The monoisotopic (exact) mass is 1600 g/mol. The lowest BCUT2D eigenvalue weighted by molar-refractivity contribution is 0.590. The fourth-order valence-electron chi connectivity index (χ4n) is 19.9. The summed E-state index contributed by atoms with van der Waals surface area (Å²) in [5.74, 6) is 0. The molecular weight excluding hydrogens is 1490 g/mol. The summed E-state index contributed by atoms with van der Waals surface area (Å²) in [5.41, 5.74) is 29.8. The van der Waals surface area contributed by atoms with Crippen molar-refractivity contribution in [2.45, 2.75) is 131 Å². The number of anilines is 6. The Balaban J connectivity index is 0.931. The van der Waals surface area contributed by atoms with Crippen molar-refractivity contribution in [2.24, 2.45) is 0 Å². The van der Waals surface area contributed by atoms with Gasteiger partial charge in [-0.1, -0.05) is 310 Å². The molecule has 2 aliphatic heterocycles. The largest absolute Gasteiger partial charge is 0.311 e. The van der Waals surface area contributed by atoms with Crippen LogP contribution in [0.4, 0.5) is 34.1 Å². The normalized spacial score (nSPS) is 14.2. The third-order valence-electron chi connectivity index (χ3n) is 26.3. The van der Waals surface area contributed by atoms with Gasteiger partial charge in [0.15, 0.2) is 0 Å². The SMILES string of the molecule is [2H]c1c([2H])c([2H])c2c(c1[2H])c1c([2H])c([2H])c([2H])c([2H])c1n2-c1cccc2c3cccc(N4c5cc(-c6cccc(C(C)(C)C)c6)ccc5B5c6ccc(-n7c8ccc(C(C)(C)C)cc8c8cc(C(C)(C)C)ccc87)cc6N(c6cc(-c7ccccc7)cc(-c7ccccc7)c6)c6cc(-n7c8ccc(C(C)(C)C)cc8c8cc(C(C)(C)C)ccc87)cc4c65)c3n(-c3ccccc3)c12. The highest BCUT2D eigenvalue weighted by Crippen LogP contribution is 2.53. The van der Waals surface area contributed by atoms with Crippen molar-refractivity contribution in [3.8, 4) is 56.1 Å². The molecule has 6 nitrogen and oxygen atoms in total. The first-order valence-electron chi connectivity index (χ1n) is 47.2. The fourth-order valence-corrected chi connectivity index (χ4v) is 19.9. The molecule has 20 aromatic rings. The van der Waals surface area contributed by atoms with Gasteiger partial charge in [0.2, 0.25) is 0 Å². The van der Waals surface area contributed by atoms with E-state index < -0.39 is 43.0 Å². The van der Waals surface area contributed by atoms with Crippen molar-refractivity contribution in [1.82, 2.24) is 18.3 Å². The minimum atomic E-state index is -0.504. The molecule has 0 amide bonds. The van der Waals surface area contributed by atoms with Crippen LogP contribution in [0.25, 0.3) is 143 Å². The van der Waals surface area contributed by atoms with Crippen molar-refractivity contribution >= 4 is 144 Å². The summed E-state index contributed by atoms with van der Waals surface area (Å²) in [5, 5.41) is 6.37. The Kier molecular flexibility index (Phi) is 15.0. The molecule has 0 fully saturated rings. The van der Waals surface area contributed by atoms with Gasteiger partial charge < -0.3 is 28.1 Å². The van der Waals surface area contributed by atoms with Crippen molar-refractivity contribution in [1.29, 1.82) is 0 Å². The predicted molar refractivity (Wildman–Crippen MR) is 528 cm³/mol. The van der Waals surface area contributed by atoms with Gasteiger partial charge in [-0.05, 0) is 238 Å². The maximum atomic E-state index is 9.95. The van der Waals surface area contributed by atoms with Crippen LogP contribution in [0.1, 0.15) is 143 Å². The minimum absolute atomic E-state index is 0.00427. The Hall–Kier alpha value is -13.6. The van der Waals surface area contributed by atoms with Crippen molar-refractivity contribution in [3.05, 3.63) is 367 Å². The maximum absolute atomic E-state index is 9.95. The number of para-hydroxylation sites is 5. The molecule has 0 aliphatic carbocycles. The lowest BCUT2D eigenvalue weighted by atomic mass is 9.33. The first-order valence-corrected chi connectivity index (χ1v) is 43.2. The molecule has 0 atom stereocenters. The molecule has 0 radical (unpaired) electrons. The first-order chi connectivity index (χ1) is 62.5. The molecule has 4 aromatic heterocycles. The van der Waals surface area contributed by atoms with Gasteiger partial charge in [0.05, 0.1) is 72.2 Å². The molecule has 16 aromatic carbocycles. The summed E-state index contributed by atoms with van der Waals surface area (Å²) in [6.45, 7) is 34.0. The summed E-state index contributed by atoms with van der Waals surface area (Å²) in [7, 11) is 0. The second-order valence-electron chi connectivity index (χ2n) is 39.2. The van der Waals surface area contributed by atoms with Gasteiger partial charge in [0, 0.05) is 82.9 Å². The van der Waals surface area contributed by atoms with Crippen LogP contribution in [0.3, 0.4) is 0 Å². The van der Waals surface area contributed by atoms with Crippen LogP contribution in [-0.4, -0.2) is 25.0 Å². The lowest BCUT2D eigenvalue weighted by Gasteiger charge is -2.45. The van der Waals surface area contributed by atoms with E-state index in [1.165, 1.54) is 38.6 Å². The standard InChI is InChI=1S/C116H101BN6/c1-112(2,3)78-37-29-36-74(61-78)75-48-54-95-105(64-75)123(104-47-31-43-90-89-42-30-46-103(110(89)121(111(90)104)83-38-23-18-24-39-83)122-97-44-27-25-40-87(97)88-41-26-28-45-98(88)122)108-71-86(119-101-58-51-81(115(10,11)12)67-93(101)94-68-82(116(13,14)15)52-59-102(94)119)70-107-109(108)117(95)96-55-53-84(118-99-56-49-79(113(4,5)6)65-91(99)92-66-80(114(7,8)9)50-57-100(92)118)69-106(96)120(107)85-62-76(72-32-19-16-20-33-72)60-77(63-85)73-34-21-17-22-35-73/h16-71H,1-15H3/i25D,26D,27D,28D,40D,41D,44D,45D. The first kappa shape index (κ1) is 67.1. The molecule has 0 saturated carbocycles. The van der Waals surface area contributed by atoms with E-state index in [1.807, 2.05) is 30.3 Å². The second kappa shape index (κ2) is 27.4. The Morgan fingerprint density at radius 2 is 0.618 bits per heavy atom. The van der Waals surface area contributed by atoms with Crippen LogP contribution < -0.4 is 26.2 Å². The highest BCUT2D eigenvalue weighted by Gasteiger charge is 2.46. The highest BCUT2D eigenvalue weighted by molar-refractivity contribution is 7.00. The van der Waals surface area contributed by atoms with Crippen LogP contribution in [-0.2, 0) is 27.1 Å². The van der Waals surface area contributed by atoms with Gasteiger partial charge in [0.1, 0.15) is 0 Å². The third kappa shape index (κ3) is 12.1. The molecule has 0 spiro atoms. The molecule has 598 valence electrons. The number of benzene rings is 16. The van der Waals surface area contributed by atoms with E-state index in [2.05, 4.69) is 388 Å². The third-order valence-corrected chi connectivity index (χ3v) is 26.3. The molecular formula is C116H101BN6. The zero-order chi connectivity index (χ0) is 91.2. The topological polar surface area (TPSA) is 26.2 Å². The van der Waals surface area contributed by atoms with Gasteiger partial charge in [0.25, 0.3) is 6.71 Å². The summed E-state index contributed by atoms with van der Waals surface area (Å²) < 4.78 is 85.3. The van der Waals surface area contributed by atoms with Gasteiger partial charge in [-0.2, -0.15) is 0 Å². The molecule has 6 heterocycles. The number of aromatic nitrogens is 4. The number of nitrogens with zero attached hydrogens (tertiary/aromatic N) is 6. The highest BCUT2D eigenvalue weighted by atomic mass is 15.2. The van der Waals surface area contributed by atoms with E-state index in [0.717, 1.165) is 150 Å². The molecule has 0 unspecified atom stereocenters. The zero-order valence-corrected chi connectivity index (χ0v) is 72.5. The number of fused-ring (bicyclic) bond motifs is 16. The number of hydrogen-bond acceptors (Lipinski definition) is 2. The van der Waals surface area contributed by atoms with E-state index in [0.29, 0.717) is 11.2 Å². The number of rotatable bonds is 9. The van der Waals surface area contributed by atoms with Gasteiger partial charge in [-0.3, -0.25) is 0 Å². The Morgan fingerprint density at radius 3 is 1.11 bits per heavy atom. The van der Waals surface area contributed by atoms with E-state index in [1.54, 1.807) is 4.57 Å². The number of hydrogen-bond donors (Lipinski definition) is 0. The van der Waals surface area contributed by atoms with Crippen LogP contribution >= 0.6 is 0 Å². The summed E-state index contributed by atoms with van der Waals surface area (Å²) in [6, 6.07) is 105. The van der Waals surface area contributed by atoms with Crippen LogP contribution in [0.5, 0.6) is 0 Å². The molecule has 0 saturated heterocycles. The Morgan fingerprint density at radius 1 is 0.220 bits per heavy atom. The Bertz CT molecular complexity index is 8010. The molecule has 7 heteroatoms. The van der Waals surface area contributed by atoms with E-state index in [-0.39, 0.29) is 61.0 Å².